The molecular formula is C16H20N2. The molecule has 2 rings (SSSR count). The van der Waals surface area contributed by atoms with Gasteiger partial charge in [-0.3, -0.25) is 4.99 Å². The number of aryl methyl sites for hydroxylation is 1. The van der Waals surface area contributed by atoms with Crippen LogP contribution in [0.2, 0.25) is 0 Å². The van der Waals surface area contributed by atoms with E-state index in [0.717, 1.165) is 11.3 Å². The van der Waals surface area contributed by atoms with Crippen LogP contribution in [0.5, 0.6) is 0 Å². The van der Waals surface area contributed by atoms with Crippen molar-refractivity contribution in [2.24, 2.45) is 12.0 Å². The standard InChI is InChI=1S/C16H20N2/c1-4-13(2)15-5-7-16(8-6-15)17-11-14-9-10-18(3)12-14/h5-13H,4H2,1-3H3. The van der Waals surface area contributed by atoms with Crippen LogP contribution in [0.3, 0.4) is 0 Å². The summed E-state index contributed by atoms with van der Waals surface area (Å²) in [5.41, 5.74) is 3.52. The molecule has 0 aliphatic rings. The normalized spacial score (nSPS) is 13.1. The van der Waals surface area contributed by atoms with Crippen molar-refractivity contribution < 1.29 is 0 Å². The van der Waals surface area contributed by atoms with Gasteiger partial charge >= 0.3 is 0 Å². The Morgan fingerprint density at radius 1 is 1.22 bits per heavy atom. The maximum Gasteiger partial charge on any atom is 0.0630 e. The predicted octanol–water partition coefficient (Wildman–Crippen LogP) is 4.29. The molecule has 1 unspecified atom stereocenters. The summed E-state index contributed by atoms with van der Waals surface area (Å²) in [7, 11) is 2.01. The maximum absolute atomic E-state index is 4.48. The fourth-order valence-corrected chi connectivity index (χ4v) is 1.87. The van der Waals surface area contributed by atoms with Gasteiger partial charge in [-0.2, -0.15) is 0 Å². The van der Waals surface area contributed by atoms with Gasteiger partial charge in [0.15, 0.2) is 0 Å². The highest BCUT2D eigenvalue weighted by molar-refractivity contribution is 5.81. The lowest BCUT2D eigenvalue weighted by Crippen LogP contribution is -1.89. The minimum Gasteiger partial charge on any atom is -0.357 e. The molecule has 0 saturated carbocycles. The molecule has 0 N–H and O–H groups in total. The van der Waals surface area contributed by atoms with E-state index in [-0.39, 0.29) is 0 Å². The van der Waals surface area contributed by atoms with Gasteiger partial charge in [0.1, 0.15) is 0 Å². The second kappa shape index (κ2) is 5.67. The Balaban J connectivity index is 2.08. The van der Waals surface area contributed by atoms with E-state index in [4.69, 9.17) is 0 Å². The number of nitrogens with zero attached hydrogens (tertiary/aromatic N) is 2. The summed E-state index contributed by atoms with van der Waals surface area (Å²) >= 11 is 0. The summed E-state index contributed by atoms with van der Waals surface area (Å²) in [4.78, 5) is 4.48. The monoisotopic (exact) mass is 240 g/mol. The molecular weight excluding hydrogens is 220 g/mol. The van der Waals surface area contributed by atoms with Gasteiger partial charge in [-0.25, -0.2) is 0 Å². The molecule has 2 aromatic rings. The quantitative estimate of drug-likeness (QED) is 0.709. The molecule has 0 saturated heterocycles. The van der Waals surface area contributed by atoms with Crippen LogP contribution in [0.1, 0.15) is 37.3 Å². The topological polar surface area (TPSA) is 17.3 Å². The zero-order valence-electron chi connectivity index (χ0n) is 11.3. The second-order valence-corrected chi connectivity index (χ2v) is 4.77. The Morgan fingerprint density at radius 3 is 2.50 bits per heavy atom. The Hall–Kier alpha value is -1.83. The first-order chi connectivity index (χ1) is 8.69. The molecule has 2 nitrogen and oxygen atoms in total. The SMILES string of the molecule is CCC(C)c1ccc(N=Cc2ccn(C)c2)cc1. The van der Waals surface area contributed by atoms with E-state index in [2.05, 4.69) is 55.4 Å². The van der Waals surface area contributed by atoms with Crippen LogP contribution in [0.25, 0.3) is 0 Å². The summed E-state index contributed by atoms with van der Waals surface area (Å²) in [6.45, 7) is 4.47. The zero-order valence-corrected chi connectivity index (χ0v) is 11.3. The average Bonchev–Trinajstić information content (AvgIpc) is 2.82. The molecule has 2 heteroatoms. The van der Waals surface area contributed by atoms with Crippen molar-refractivity contribution in [3.05, 3.63) is 53.9 Å². The van der Waals surface area contributed by atoms with Crippen LogP contribution >= 0.6 is 0 Å². The minimum atomic E-state index is 0.622. The summed E-state index contributed by atoms with van der Waals surface area (Å²) in [5, 5.41) is 0. The molecule has 18 heavy (non-hydrogen) atoms. The molecule has 1 heterocycles. The second-order valence-electron chi connectivity index (χ2n) is 4.77. The summed E-state index contributed by atoms with van der Waals surface area (Å²) in [6, 6.07) is 10.6. The largest absolute Gasteiger partial charge is 0.357 e. The van der Waals surface area contributed by atoms with E-state index in [1.54, 1.807) is 0 Å². The van der Waals surface area contributed by atoms with Crippen LogP contribution in [-0.2, 0) is 7.05 Å². The third-order valence-electron chi connectivity index (χ3n) is 3.29. The predicted molar refractivity (Wildman–Crippen MR) is 77.8 cm³/mol. The Labute approximate surface area is 109 Å². The number of aromatic nitrogens is 1. The number of aliphatic imine (C=N–C) groups is 1. The number of rotatable bonds is 4. The van der Waals surface area contributed by atoms with Crippen molar-refractivity contribution in [2.75, 3.05) is 0 Å². The third kappa shape index (κ3) is 3.10. The smallest absolute Gasteiger partial charge is 0.0630 e. The lowest BCUT2D eigenvalue weighted by atomic mass is 9.99. The first-order valence-corrected chi connectivity index (χ1v) is 6.45. The Morgan fingerprint density at radius 2 is 1.94 bits per heavy atom. The molecule has 0 spiro atoms. The van der Waals surface area contributed by atoms with Crippen LogP contribution < -0.4 is 0 Å². The van der Waals surface area contributed by atoms with Gasteiger partial charge in [0.05, 0.1) is 5.69 Å². The molecule has 1 aromatic carbocycles. The highest BCUT2D eigenvalue weighted by Crippen LogP contribution is 2.21. The molecule has 0 fully saturated rings. The summed E-state index contributed by atoms with van der Waals surface area (Å²) in [5.74, 6) is 0.622. The van der Waals surface area contributed by atoms with E-state index in [0.29, 0.717) is 5.92 Å². The van der Waals surface area contributed by atoms with Gasteiger partial charge in [0.25, 0.3) is 0 Å². The van der Waals surface area contributed by atoms with Crippen LogP contribution in [-0.4, -0.2) is 10.8 Å². The minimum absolute atomic E-state index is 0.622. The van der Waals surface area contributed by atoms with Crippen molar-refractivity contribution in [1.82, 2.24) is 4.57 Å². The van der Waals surface area contributed by atoms with E-state index < -0.39 is 0 Å². The average molecular weight is 240 g/mol. The van der Waals surface area contributed by atoms with Crippen molar-refractivity contribution in [3.63, 3.8) is 0 Å². The maximum atomic E-state index is 4.48. The lowest BCUT2D eigenvalue weighted by molar-refractivity contribution is 0.734. The van der Waals surface area contributed by atoms with Crippen LogP contribution in [0, 0.1) is 0 Å². The fraction of sp³-hybridized carbons (Fsp3) is 0.312. The Bertz CT molecular complexity index is 520. The van der Waals surface area contributed by atoms with Crippen LogP contribution in [0.4, 0.5) is 5.69 Å². The van der Waals surface area contributed by atoms with Crippen LogP contribution in [0.15, 0.2) is 47.7 Å². The lowest BCUT2D eigenvalue weighted by Gasteiger charge is -2.08. The Kier molecular flexibility index (Phi) is 3.98. The summed E-state index contributed by atoms with van der Waals surface area (Å²) < 4.78 is 2.02. The van der Waals surface area contributed by atoms with E-state index in [1.807, 2.05) is 24.0 Å². The molecule has 0 aliphatic carbocycles. The van der Waals surface area contributed by atoms with E-state index >= 15 is 0 Å². The van der Waals surface area contributed by atoms with Gasteiger partial charge in [0, 0.05) is 31.2 Å². The molecule has 0 amide bonds. The van der Waals surface area contributed by atoms with Crippen molar-refractivity contribution in [2.45, 2.75) is 26.2 Å². The molecule has 0 radical (unpaired) electrons. The highest BCUT2D eigenvalue weighted by atomic mass is 14.9. The number of benzene rings is 1. The number of hydrogen-bond acceptors (Lipinski definition) is 1. The van der Waals surface area contributed by atoms with Crippen molar-refractivity contribution >= 4 is 11.9 Å². The molecule has 1 atom stereocenters. The highest BCUT2D eigenvalue weighted by Gasteiger charge is 2.01. The van der Waals surface area contributed by atoms with Gasteiger partial charge in [-0.15, -0.1) is 0 Å². The van der Waals surface area contributed by atoms with Crippen molar-refractivity contribution in [1.29, 1.82) is 0 Å². The fourth-order valence-electron chi connectivity index (χ4n) is 1.87. The zero-order chi connectivity index (χ0) is 13.0. The third-order valence-corrected chi connectivity index (χ3v) is 3.29. The first-order valence-electron chi connectivity index (χ1n) is 6.45. The number of hydrogen-bond donors (Lipinski definition) is 0. The van der Waals surface area contributed by atoms with Gasteiger partial charge < -0.3 is 4.57 Å². The van der Waals surface area contributed by atoms with Crippen molar-refractivity contribution in [3.8, 4) is 0 Å². The van der Waals surface area contributed by atoms with Gasteiger partial charge in [0.2, 0.25) is 0 Å². The van der Waals surface area contributed by atoms with Gasteiger partial charge in [-0.05, 0) is 36.1 Å². The van der Waals surface area contributed by atoms with E-state index in [1.165, 1.54) is 12.0 Å². The van der Waals surface area contributed by atoms with E-state index in [9.17, 15) is 0 Å². The molecule has 1 aromatic heterocycles. The molecule has 0 bridgehead atoms. The molecule has 94 valence electrons. The summed E-state index contributed by atoms with van der Waals surface area (Å²) in [6.07, 6.45) is 7.15. The first kappa shape index (κ1) is 12.6. The molecule has 0 aliphatic heterocycles. The van der Waals surface area contributed by atoms with Gasteiger partial charge in [-0.1, -0.05) is 26.0 Å².